The van der Waals surface area contributed by atoms with Gasteiger partial charge in [-0.1, -0.05) is 48.5 Å². The van der Waals surface area contributed by atoms with Crippen molar-refractivity contribution in [3.63, 3.8) is 0 Å². The molecule has 1 saturated carbocycles. The number of amides is 2. The summed E-state index contributed by atoms with van der Waals surface area (Å²) in [6.45, 7) is 1.64. The van der Waals surface area contributed by atoms with Crippen molar-refractivity contribution in [2.45, 2.75) is 31.6 Å². The van der Waals surface area contributed by atoms with Gasteiger partial charge >= 0.3 is 12.1 Å². The van der Waals surface area contributed by atoms with E-state index in [1.807, 2.05) is 24.3 Å². The maximum atomic E-state index is 12.5. The number of aliphatic carboxylic acids is 1. The Morgan fingerprint density at radius 2 is 1.61 bits per heavy atom. The molecular formula is C26H28N2O5. The van der Waals surface area contributed by atoms with Gasteiger partial charge in [0.2, 0.25) is 5.91 Å². The summed E-state index contributed by atoms with van der Waals surface area (Å²) < 4.78 is 5.51. The van der Waals surface area contributed by atoms with Crippen molar-refractivity contribution in [2.75, 3.05) is 26.2 Å². The number of carboxylic acid groups (broad SMARTS) is 1. The summed E-state index contributed by atoms with van der Waals surface area (Å²) in [5.74, 6) is -0.981. The number of ether oxygens (including phenoxy) is 1. The minimum atomic E-state index is -0.720. The second kappa shape index (κ2) is 8.54. The van der Waals surface area contributed by atoms with Crippen molar-refractivity contribution in [1.29, 1.82) is 0 Å². The van der Waals surface area contributed by atoms with Crippen LogP contribution in [0, 0.1) is 11.3 Å². The van der Waals surface area contributed by atoms with Crippen LogP contribution in [0.25, 0.3) is 11.1 Å². The van der Waals surface area contributed by atoms with Gasteiger partial charge in [0.1, 0.15) is 6.61 Å². The monoisotopic (exact) mass is 448 g/mol. The molecule has 1 unspecified atom stereocenters. The third-order valence-electron chi connectivity index (χ3n) is 7.55. The maximum absolute atomic E-state index is 12.5. The lowest BCUT2D eigenvalue weighted by atomic mass is 9.90. The molecule has 2 N–H and O–H groups in total. The first-order valence-electron chi connectivity index (χ1n) is 11.6. The number of nitrogens with zero attached hydrogens (tertiary/aromatic N) is 1. The van der Waals surface area contributed by atoms with Crippen LogP contribution >= 0.6 is 0 Å². The van der Waals surface area contributed by atoms with Crippen LogP contribution in [0.5, 0.6) is 0 Å². The molecule has 0 aromatic heterocycles. The molecule has 33 heavy (non-hydrogen) atoms. The summed E-state index contributed by atoms with van der Waals surface area (Å²) in [4.78, 5) is 37.7. The lowest BCUT2D eigenvalue weighted by Crippen LogP contribution is -2.41. The van der Waals surface area contributed by atoms with Crippen LogP contribution in [-0.4, -0.2) is 54.2 Å². The summed E-state index contributed by atoms with van der Waals surface area (Å²) in [6.07, 6.45) is 1.91. The molecule has 7 nitrogen and oxygen atoms in total. The second-order valence-corrected chi connectivity index (χ2v) is 9.34. The molecule has 2 aliphatic carbocycles. The normalized spacial score (nSPS) is 20.1. The Labute approximate surface area is 192 Å². The van der Waals surface area contributed by atoms with Crippen molar-refractivity contribution in [1.82, 2.24) is 10.2 Å². The second-order valence-electron chi connectivity index (χ2n) is 9.34. The van der Waals surface area contributed by atoms with Gasteiger partial charge in [-0.25, -0.2) is 4.79 Å². The molecule has 1 atom stereocenters. The van der Waals surface area contributed by atoms with E-state index < -0.39 is 12.1 Å². The third kappa shape index (κ3) is 4.08. The van der Waals surface area contributed by atoms with E-state index in [1.54, 1.807) is 4.90 Å². The Morgan fingerprint density at radius 1 is 1.00 bits per heavy atom. The number of likely N-dealkylation sites (tertiary alicyclic amines) is 1. The van der Waals surface area contributed by atoms with E-state index >= 15 is 0 Å². The fourth-order valence-electron chi connectivity index (χ4n) is 5.53. The largest absolute Gasteiger partial charge is 0.481 e. The van der Waals surface area contributed by atoms with Crippen LogP contribution in [-0.2, 0) is 14.3 Å². The number of carbonyl (C=O) groups is 3. The van der Waals surface area contributed by atoms with Gasteiger partial charge in [0, 0.05) is 32.0 Å². The van der Waals surface area contributed by atoms with Crippen LogP contribution in [0.3, 0.4) is 0 Å². The molecule has 0 radical (unpaired) electrons. The van der Waals surface area contributed by atoms with Crippen molar-refractivity contribution >= 4 is 18.0 Å². The Bertz CT molecular complexity index is 1040. The number of hydrogen-bond donors (Lipinski definition) is 2. The Morgan fingerprint density at radius 3 is 2.18 bits per heavy atom. The van der Waals surface area contributed by atoms with Crippen molar-refractivity contribution in [2.24, 2.45) is 11.3 Å². The van der Waals surface area contributed by atoms with Gasteiger partial charge in [-0.15, -0.1) is 0 Å². The molecule has 2 fully saturated rings. The van der Waals surface area contributed by atoms with Gasteiger partial charge in [0.25, 0.3) is 0 Å². The molecule has 2 aromatic rings. The maximum Gasteiger partial charge on any atom is 0.407 e. The fraction of sp³-hybridized carbons (Fsp3) is 0.423. The van der Waals surface area contributed by atoms with Crippen molar-refractivity contribution < 1.29 is 24.2 Å². The molecule has 3 aliphatic rings. The van der Waals surface area contributed by atoms with Gasteiger partial charge in [0.15, 0.2) is 0 Å². The lowest BCUT2D eigenvalue weighted by molar-refractivity contribution is -0.139. The van der Waals surface area contributed by atoms with Crippen molar-refractivity contribution in [3.05, 3.63) is 59.7 Å². The van der Waals surface area contributed by atoms with E-state index in [0.717, 1.165) is 30.4 Å². The molecule has 1 saturated heterocycles. The number of benzene rings is 2. The van der Waals surface area contributed by atoms with Crippen molar-refractivity contribution in [3.8, 4) is 11.1 Å². The number of hydrogen-bond acceptors (Lipinski definition) is 4. The smallest absolute Gasteiger partial charge is 0.407 e. The number of piperidine rings is 1. The summed E-state index contributed by atoms with van der Waals surface area (Å²) in [6, 6.07) is 16.3. The highest BCUT2D eigenvalue weighted by Gasteiger charge is 2.59. The number of rotatable bonds is 6. The van der Waals surface area contributed by atoms with Gasteiger partial charge in [-0.05, 0) is 46.9 Å². The zero-order chi connectivity index (χ0) is 23.0. The predicted molar refractivity (Wildman–Crippen MR) is 122 cm³/mol. The molecule has 172 valence electrons. The van der Waals surface area contributed by atoms with E-state index in [1.165, 1.54) is 11.1 Å². The first-order chi connectivity index (χ1) is 16.0. The number of fused-ring (bicyclic) bond motifs is 3. The average Bonchev–Trinajstić information content (AvgIpc) is 3.44. The highest BCUT2D eigenvalue weighted by molar-refractivity contribution is 5.80. The number of carboxylic acids is 1. The quantitative estimate of drug-likeness (QED) is 0.704. The summed E-state index contributed by atoms with van der Waals surface area (Å²) in [5.41, 5.74) is 4.58. The SMILES string of the molecule is O=C(NCCC(=O)N1CCC2(CC1)CC2C(=O)O)OCC1c2ccccc2-c2ccccc21. The Kier molecular flexibility index (Phi) is 5.56. The standard InChI is InChI=1S/C26H28N2O5/c29-23(28-13-10-26(11-14-28)15-22(26)24(30)31)9-12-27-25(32)33-16-21-19-7-3-1-5-17(19)18-6-2-4-8-20(18)21/h1-8,21-22H,9-16H2,(H,27,32)(H,30,31). The molecule has 2 amide bonds. The van der Waals surface area contributed by atoms with Crippen LogP contribution in [0.2, 0.25) is 0 Å². The molecule has 5 rings (SSSR count). The van der Waals surface area contributed by atoms with Gasteiger partial charge < -0.3 is 20.1 Å². The van der Waals surface area contributed by atoms with E-state index in [0.29, 0.717) is 13.1 Å². The highest BCUT2D eigenvalue weighted by Crippen LogP contribution is 2.59. The molecule has 0 bridgehead atoms. The van der Waals surface area contributed by atoms with E-state index in [2.05, 4.69) is 29.6 Å². The van der Waals surface area contributed by atoms with Crippen LogP contribution < -0.4 is 5.32 Å². The minimum absolute atomic E-state index is 0.00232. The average molecular weight is 449 g/mol. The number of nitrogens with one attached hydrogen (secondary N) is 1. The molecule has 1 heterocycles. The van der Waals surface area contributed by atoms with Crippen LogP contribution in [0.1, 0.15) is 42.7 Å². The topological polar surface area (TPSA) is 95.9 Å². The molecule has 1 spiro atoms. The van der Waals surface area contributed by atoms with Crippen LogP contribution in [0.15, 0.2) is 48.5 Å². The summed E-state index contributed by atoms with van der Waals surface area (Å²) in [5, 5.41) is 11.9. The van der Waals surface area contributed by atoms with E-state index in [9.17, 15) is 19.5 Å². The van der Waals surface area contributed by atoms with Crippen LogP contribution in [0.4, 0.5) is 4.79 Å². The Hall–Kier alpha value is -3.35. The molecular weight excluding hydrogens is 420 g/mol. The number of alkyl carbamates (subject to hydrolysis) is 1. The van der Waals surface area contributed by atoms with E-state index in [4.69, 9.17) is 4.74 Å². The Balaban J connectivity index is 1.07. The molecule has 7 heteroatoms. The van der Waals surface area contributed by atoms with Gasteiger partial charge in [0.05, 0.1) is 5.92 Å². The summed E-state index contributed by atoms with van der Waals surface area (Å²) in [7, 11) is 0. The van der Waals surface area contributed by atoms with Gasteiger partial charge in [-0.2, -0.15) is 0 Å². The fourth-order valence-corrected chi connectivity index (χ4v) is 5.53. The van der Waals surface area contributed by atoms with Gasteiger partial charge in [-0.3, -0.25) is 9.59 Å². The zero-order valence-electron chi connectivity index (χ0n) is 18.5. The lowest BCUT2D eigenvalue weighted by Gasteiger charge is -2.32. The number of carbonyl (C=O) groups excluding carboxylic acids is 2. The summed E-state index contributed by atoms with van der Waals surface area (Å²) >= 11 is 0. The minimum Gasteiger partial charge on any atom is -0.481 e. The third-order valence-corrected chi connectivity index (χ3v) is 7.55. The highest BCUT2D eigenvalue weighted by atomic mass is 16.5. The first-order valence-corrected chi connectivity index (χ1v) is 11.6. The van der Waals surface area contributed by atoms with E-state index in [-0.39, 0.29) is 42.7 Å². The zero-order valence-corrected chi connectivity index (χ0v) is 18.5. The predicted octanol–water partition coefficient (Wildman–Crippen LogP) is 3.63. The molecule has 1 aliphatic heterocycles. The molecule has 2 aromatic carbocycles. The first kappa shape index (κ1) is 21.5.